The van der Waals surface area contributed by atoms with Gasteiger partial charge in [0.2, 0.25) is 0 Å². The number of carbonyl (C=O) groups is 2. The average molecular weight is 654 g/mol. The molecule has 0 amide bonds. The average Bonchev–Trinajstić information content (AvgIpc) is 3.39. The number of rotatable bonds is 17. The van der Waals surface area contributed by atoms with Crippen molar-refractivity contribution in [1.29, 1.82) is 0 Å². The highest BCUT2D eigenvalue weighted by atomic mass is 35.5. The summed E-state index contributed by atoms with van der Waals surface area (Å²) in [6, 6.07) is 9.43. The number of benzene rings is 2. The van der Waals surface area contributed by atoms with Gasteiger partial charge in [-0.2, -0.15) is 0 Å². The minimum absolute atomic E-state index is 0.00236. The lowest BCUT2D eigenvalue weighted by Gasteiger charge is -2.27. The third-order valence-corrected chi connectivity index (χ3v) is 9.25. The molecule has 2 atom stereocenters. The number of likely N-dealkylation sites (tertiary alicyclic amines) is 1. The molecule has 1 aliphatic rings. The largest absolute Gasteiger partial charge is 0.507 e. The Bertz CT molecular complexity index is 1530. The van der Waals surface area contributed by atoms with Crippen molar-refractivity contribution in [2.24, 2.45) is 0 Å². The first-order valence-corrected chi connectivity index (χ1v) is 17.3. The summed E-state index contributed by atoms with van der Waals surface area (Å²) in [5, 5.41) is 11.5. The quantitative estimate of drug-likeness (QED) is 0.0875. The van der Waals surface area contributed by atoms with Crippen molar-refractivity contribution in [3.05, 3.63) is 57.2 Å². The molecular formula is C37H48ClNO7. The maximum atomic E-state index is 13.5. The Morgan fingerprint density at radius 2 is 1.61 bits per heavy atom. The Morgan fingerprint density at radius 3 is 2.28 bits per heavy atom. The maximum Gasteiger partial charge on any atom is 0.311 e. The van der Waals surface area contributed by atoms with E-state index in [4.69, 9.17) is 25.5 Å². The molecule has 0 radical (unpaired) electrons. The van der Waals surface area contributed by atoms with Crippen molar-refractivity contribution in [2.45, 2.75) is 109 Å². The van der Waals surface area contributed by atoms with Crippen LogP contribution < -0.4 is 10.2 Å². The molecule has 8 nitrogen and oxygen atoms in total. The van der Waals surface area contributed by atoms with Crippen LogP contribution in [0.5, 0.6) is 11.5 Å². The summed E-state index contributed by atoms with van der Waals surface area (Å²) in [5.41, 5.74) is 0.723. The van der Waals surface area contributed by atoms with Crippen LogP contribution in [0.2, 0.25) is 5.02 Å². The fourth-order valence-electron chi connectivity index (χ4n) is 6.30. The molecule has 1 saturated heterocycles. The lowest BCUT2D eigenvalue weighted by Crippen LogP contribution is -2.34. The number of likely N-dealkylation sites (N-methyl/N-ethyl adjacent to an activating group) is 1. The van der Waals surface area contributed by atoms with Crippen molar-refractivity contribution in [1.82, 2.24) is 4.90 Å². The van der Waals surface area contributed by atoms with Gasteiger partial charge in [-0.25, -0.2) is 0 Å². The number of phenolic OH excluding ortho intramolecular Hbond substituents is 1. The van der Waals surface area contributed by atoms with Crippen molar-refractivity contribution in [3.63, 3.8) is 0 Å². The molecule has 46 heavy (non-hydrogen) atoms. The number of ether oxygens (including phenoxy) is 2. The van der Waals surface area contributed by atoms with Gasteiger partial charge in [-0.15, -0.1) is 0 Å². The number of aromatic hydroxyl groups is 1. The molecule has 0 saturated carbocycles. The van der Waals surface area contributed by atoms with Gasteiger partial charge < -0.3 is 19.0 Å². The molecule has 0 unspecified atom stereocenters. The van der Waals surface area contributed by atoms with E-state index < -0.39 is 11.4 Å². The lowest BCUT2D eigenvalue weighted by atomic mass is 9.89. The molecule has 2 aromatic carbocycles. The Morgan fingerprint density at radius 1 is 0.957 bits per heavy atom. The zero-order valence-corrected chi connectivity index (χ0v) is 28.2. The van der Waals surface area contributed by atoms with E-state index in [1.165, 1.54) is 12.1 Å². The first-order chi connectivity index (χ1) is 22.2. The van der Waals surface area contributed by atoms with E-state index in [2.05, 4.69) is 18.7 Å². The molecule has 1 N–H and O–H groups in total. The highest BCUT2D eigenvalue weighted by Crippen LogP contribution is 2.45. The van der Waals surface area contributed by atoms with Crippen LogP contribution in [0.1, 0.15) is 109 Å². The minimum Gasteiger partial charge on any atom is -0.507 e. The Balaban J connectivity index is 1.70. The topological polar surface area (TPSA) is 106 Å². The molecule has 2 heterocycles. The number of hydrogen-bond acceptors (Lipinski definition) is 8. The number of halogens is 1. The highest BCUT2D eigenvalue weighted by molar-refractivity contribution is 6.33. The second-order valence-corrected chi connectivity index (χ2v) is 12.8. The Kier molecular flexibility index (Phi) is 13.5. The standard InChI is InChI=1S/C37H48ClNO7/c1-4-6-8-10-12-18-33(42)44-24-28-26(20-21-39(28)3)35-32(45-34(43)19-13-11-9-7-5-2)23-30(41)36-29(40)22-31(46-37(35)36)25-16-14-15-17-27(25)38/h14-17,22-23,26,28,41H,4-13,18-21,24H2,1-3H3/t26-,28+/m0/s1. The van der Waals surface area contributed by atoms with E-state index in [9.17, 15) is 19.5 Å². The molecule has 9 heteroatoms. The van der Waals surface area contributed by atoms with Gasteiger partial charge in [0.05, 0.1) is 11.1 Å². The Labute approximate surface area is 277 Å². The monoisotopic (exact) mass is 653 g/mol. The summed E-state index contributed by atoms with van der Waals surface area (Å²) < 4.78 is 18.1. The van der Waals surface area contributed by atoms with Crippen LogP contribution >= 0.6 is 11.6 Å². The normalized spacial score (nSPS) is 16.6. The minimum atomic E-state index is -0.443. The molecule has 4 rings (SSSR count). The fourth-order valence-corrected chi connectivity index (χ4v) is 6.53. The summed E-state index contributed by atoms with van der Waals surface area (Å²) in [6.45, 7) is 5.12. The van der Waals surface area contributed by atoms with Crippen LogP contribution in [0.25, 0.3) is 22.3 Å². The highest BCUT2D eigenvalue weighted by Gasteiger charge is 2.39. The van der Waals surface area contributed by atoms with Gasteiger partial charge in [0, 0.05) is 42.0 Å². The smallest absolute Gasteiger partial charge is 0.311 e. The zero-order chi connectivity index (χ0) is 33.1. The molecule has 1 aromatic heterocycles. The van der Waals surface area contributed by atoms with Crippen molar-refractivity contribution in [2.75, 3.05) is 20.2 Å². The number of nitrogens with zero attached hydrogens (tertiary/aromatic N) is 1. The van der Waals surface area contributed by atoms with Crippen LogP contribution in [0.3, 0.4) is 0 Å². The van der Waals surface area contributed by atoms with E-state index in [-0.39, 0.29) is 59.2 Å². The summed E-state index contributed by atoms with van der Waals surface area (Å²) in [7, 11) is 1.96. The van der Waals surface area contributed by atoms with Crippen LogP contribution in [-0.4, -0.2) is 48.2 Å². The number of fused-ring (bicyclic) bond motifs is 1. The summed E-state index contributed by atoms with van der Waals surface area (Å²) >= 11 is 6.48. The Hall–Kier alpha value is -3.36. The van der Waals surface area contributed by atoms with Gasteiger partial charge in [0.25, 0.3) is 0 Å². The van der Waals surface area contributed by atoms with E-state index in [0.29, 0.717) is 42.0 Å². The summed E-state index contributed by atoms with van der Waals surface area (Å²) in [6.07, 6.45) is 11.3. The zero-order valence-electron chi connectivity index (χ0n) is 27.4. The third kappa shape index (κ3) is 9.13. The molecule has 0 bridgehead atoms. The third-order valence-electron chi connectivity index (χ3n) is 8.92. The second-order valence-electron chi connectivity index (χ2n) is 12.4. The summed E-state index contributed by atoms with van der Waals surface area (Å²) in [4.78, 5) is 41.4. The molecule has 250 valence electrons. The van der Waals surface area contributed by atoms with Gasteiger partial charge in [0.1, 0.15) is 34.8 Å². The van der Waals surface area contributed by atoms with Gasteiger partial charge in [-0.3, -0.25) is 19.3 Å². The van der Waals surface area contributed by atoms with E-state index >= 15 is 0 Å². The van der Waals surface area contributed by atoms with E-state index in [1.807, 2.05) is 7.05 Å². The molecule has 3 aromatic rings. The van der Waals surface area contributed by atoms with Crippen LogP contribution in [0.15, 0.2) is 45.6 Å². The van der Waals surface area contributed by atoms with Crippen molar-refractivity contribution >= 4 is 34.5 Å². The number of hydrogen-bond donors (Lipinski definition) is 1. The number of unbranched alkanes of at least 4 members (excludes halogenated alkanes) is 8. The molecule has 1 fully saturated rings. The van der Waals surface area contributed by atoms with Gasteiger partial charge in [-0.1, -0.05) is 88.9 Å². The van der Waals surface area contributed by atoms with Gasteiger partial charge >= 0.3 is 11.9 Å². The van der Waals surface area contributed by atoms with E-state index in [1.54, 1.807) is 24.3 Å². The predicted octanol–water partition coefficient (Wildman–Crippen LogP) is 8.78. The van der Waals surface area contributed by atoms with Crippen molar-refractivity contribution in [3.8, 4) is 22.8 Å². The number of esters is 2. The predicted molar refractivity (Wildman–Crippen MR) is 182 cm³/mol. The number of phenols is 1. The van der Waals surface area contributed by atoms with Crippen LogP contribution in [0.4, 0.5) is 0 Å². The van der Waals surface area contributed by atoms with Crippen LogP contribution in [0, 0.1) is 0 Å². The molecule has 0 spiro atoms. The summed E-state index contributed by atoms with van der Waals surface area (Å²) in [5.74, 6) is -0.924. The lowest BCUT2D eigenvalue weighted by molar-refractivity contribution is -0.145. The maximum absolute atomic E-state index is 13.5. The van der Waals surface area contributed by atoms with Crippen LogP contribution in [-0.2, 0) is 14.3 Å². The molecule has 0 aliphatic carbocycles. The van der Waals surface area contributed by atoms with E-state index in [0.717, 1.165) is 57.8 Å². The SMILES string of the molecule is CCCCCCCC(=O)OC[C@@H]1[C@@H](c2c(OC(=O)CCCCCCC)cc(O)c3c(=O)cc(-c4ccccc4Cl)oc23)CCN1C. The van der Waals surface area contributed by atoms with Gasteiger partial charge in [-0.05, 0) is 45.0 Å². The first-order valence-electron chi connectivity index (χ1n) is 16.9. The van der Waals surface area contributed by atoms with Gasteiger partial charge in [0.15, 0.2) is 5.43 Å². The molecular weight excluding hydrogens is 606 g/mol. The fraction of sp³-hybridized carbons (Fsp3) is 0.541. The molecule has 1 aliphatic heterocycles. The first kappa shape index (κ1) is 35.5. The van der Waals surface area contributed by atoms with Crippen molar-refractivity contribution < 1.29 is 28.6 Å². The number of carbonyl (C=O) groups excluding carboxylic acids is 2. The second kappa shape index (κ2) is 17.5.